The summed E-state index contributed by atoms with van der Waals surface area (Å²) in [5.74, 6) is 0.844. The van der Waals surface area contributed by atoms with Crippen molar-refractivity contribution in [3.63, 3.8) is 0 Å². The molecule has 2 aromatic carbocycles. The van der Waals surface area contributed by atoms with Gasteiger partial charge in [0.15, 0.2) is 0 Å². The first-order chi connectivity index (χ1) is 15.2. The van der Waals surface area contributed by atoms with Gasteiger partial charge in [-0.1, -0.05) is 48.5 Å². The number of para-hydroxylation sites is 2. The highest BCUT2D eigenvalue weighted by Gasteiger charge is 2.44. The van der Waals surface area contributed by atoms with Crippen molar-refractivity contribution >= 4 is 23.1 Å². The summed E-state index contributed by atoms with van der Waals surface area (Å²) in [7, 11) is 0. The number of piperidine rings is 1. The molecule has 3 aromatic rings. The third-order valence-corrected chi connectivity index (χ3v) is 5.93. The van der Waals surface area contributed by atoms with Crippen molar-refractivity contribution in [1.29, 1.82) is 0 Å². The van der Waals surface area contributed by atoms with Gasteiger partial charge in [-0.15, -0.1) is 0 Å². The summed E-state index contributed by atoms with van der Waals surface area (Å²) >= 11 is 0. The Hall–Kier alpha value is -3.67. The van der Waals surface area contributed by atoms with E-state index in [1.165, 1.54) is 0 Å². The first kappa shape index (κ1) is 19.3. The van der Waals surface area contributed by atoms with Crippen molar-refractivity contribution in [2.75, 3.05) is 23.7 Å². The number of fused-ring (bicyclic) bond motifs is 1. The lowest BCUT2D eigenvalue weighted by atomic mass is 9.85. The lowest BCUT2D eigenvalue weighted by Crippen LogP contribution is -2.62. The normalized spacial score (nSPS) is 21.3. The number of benzene rings is 2. The average molecular weight is 412 g/mol. The number of nitrogens with zero attached hydrogens (tertiary/aromatic N) is 3. The van der Waals surface area contributed by atoms with Crippen LogP contribution in [0.4, 0.5) is 11.4 Å². The minimum absolute atomic E-state index is 0.0391. The molecule has 6 nitrogen and oxygen atoms in total. The third kappa shape index (κ3) is 3.89. The molecular formula is C25H25N5O. The molecule has 2 aliphatic rings. The molecule has 156 valence electrons. The summed E-state index contributed by atoms with van der Waals surface area (Å²) in [4.78, 5) is 24.3. The summed E-state index contributed by atoms with van der Waals surface area (Å²) in [5, 5.41) is 7.29. The molecule has 1 aromatic heterocycles. The zero-order valence-electron chi connectivity index (χ0n) is 17.3. The largest absolute Gasteiger partial charge is 0.370 e. The minimum atomic E-state index is -0.453. The third-order valence-electron chi connectivity index (χ3n) is 5.93. The number of amidine groups is 1. The van der Waals surface area contributed by atoms with Gasteiger partial charge in [-0.2, -0.15) is 0 Å². The molecule has 1 amide bonds. The molecule has 1 saturated heterocycles. The number of hydrogen-bond donors (Lipinski definition) is 2. The molecule has 0 saturated carbocycles. The first-order valence-corrected chi connectivity index (χ1v) is 10.7. The van der Waals surface area contributed by atoms with E-state index in [9.17, 15) is 4.79 Å². The van der Waals surface area contributed by atoms with Gasteiger partial charge in [0, 0.05) is 12.7 Å². The molecule has 0 aliphatic carbocycles. The Kier molecular flexibility index (Phi) is 5.12. The van der Waals surface area contributed by atoms with E-state index in [0.29, 0.717) is 25.3 Å². The highest BCUT2D eigenvalue weighted by atomic mass is 16.2. The zero-order chi connectivity index (χ0) is 21.1. The Labute approximate surface area is 182 Å². The lowest BCUT2D eigenvalue weighted by Gasteiger charge is -2.47. The van der Waals surface area contributed by atoms with Crippen LogP contribution >= 0.6 is 0 Å². The number of aromatic nitrogens is 1. The predicted molar refractivity (Wildman–Crippen MR) is 123 cm³/mol. The summed E-state index contributed by atoms with van der Waals surface area (Å²) in [6.45, 7) is 1.84. The van der Waals surface area contributed by atoms with Gasteiger partial charge in [0.2, 0.25) is 0 Å². The second-order valence-corrected chi connectivity index (χ2v) is 8.07. The van der Waals surface area contributed by atoms with Crippen LogP contribution < -0.4 is 10.6 Å². The van der Waals surface area contributed by atoms with Gasteiger partial charge in [-0.3, -0.25) is 14.8 Å². The SMILES string of the molecule is O=C(c1ccccn1)N1CCCC2(C1)Nc1ccccc1NC2=NCc1ccccc1. The van der Waals surface area contributed by atoms with E-state index < -0.39 is 5.54 Å². The van der Waals surface area contributed by atoms with Gasteiger partial charge >= 0.3 is 0 Å². The maximum atomic E-state index is 13.1. The topological polar surface area (TPSA) is 69.6 Å². The summed E-state index contributed by atoms with van der Waals surface area (Å²) in [6.07, 6.45) is 3.45. The van der Waals surface area contributed by atoms with Crippen molar-refractivity contribution in [3.05, 3.63) is 90.3 Å². The lowest BCUT2D eigenvalue weighted by molar-refractivity contribution is 0.0688. The molecule has 6 heteroatoms. The first-order valence-electron chi connectivity index (χ1n) is 10.7. The van der Waals surface area contributed by atoms with E-state index >= 15 is 0 Å². The van der Waals surface area contributed by atoms with Gasteiger partial charge in [-0.05, 0) is 42.7 Å². The van der Waals surface area contributed by atoms with Crippen molar-refractivity contribution in [1.82, 2.24) is 9.88 Å². The molecule has 5 rings (SSSR count). The summed E-state index contributed by atoms with van der Waals surface area (Å²) in [5.41, 5.74) is 3.22. The fraction of sp³-hybridized carbons (Fsp3) is 0.240. The maximum absolute atomic E-state index is 13.1. The van der Waals surface area contributed by atoms with Gasteiger partial charge in [0.1, 0.15) is 17.1 Å². The number of pyridine rings is 1. The number of aliphatic imine (C=N–C) groups is 1. The molecule has 3 heterocycles. The van der Waals surface area contributed by atoms with Crippen LogP contribution in [-0.4, -0.2) is 40.3 Å². The molecular weight excluding hydrogens is 386 g/mol. The zero-order valence-corrected chi connectivity index (χ0v) is 17.3. The highest BCUT2D eigenvalue weighted by molar-refractivity contribution is 6.10. The number of amides is 1. The van der Waals surface area contributed by atoms with Crippen molar-refractivity contribution < 1.29 is 4.79 Å². The summed E-state index contributed by atoms with van der Waals surface area (Å²) < 4.78 is 0. The van der Waals surface area contributed by atoms with Crippen LogP contribution in [0.3, 0.4) is 0 Å². The summed E-state index contributed by atoms with van der Waals surface area (Å²) in [6, 6.07) is 23.8. The molecule has 1 unspecified atom stereocenters. The van der Waals surface area contributed by atoms with Crippen LogP contribution in [0.1, 0.15) is 28.9 Å². The number of nitrogens with one attached hydrogen (secondary N) is 2. The second kappa shape index (κ2) is 8.22. The molecule has 1 fully saturated rings. The van der Waals surface area contributed by atoms with Crippen LogP contribution in [0.15, 0.2) is 84.0 Å². The van der Waals surface area contributed by atoms with Crippen LogP contribution in [-0.2, 0) is 6.54 Å². The van der Waals surface area contributed by atoms with E-state index in [-0.39, 0.29) is 5.91 Å². The van der Waals surface area contributed by atoms with Gasteiger partial charge in [-0.25, -0.2) is 0 Å². The van der Waals surface area contributed by atoms with E-state index in [1.807, 2.05) is 53.4 Å². The van der Waals surface area contributed by atoms with Crippen molar-refractivity contribution in [3.8, 4) is 0 Å². The van der Waals surface area contributed by atoms with E-state index in [4.69, 9.17) is 4.99 Å². The van der Waals surface area contributed by atoms with E-state index in [1.54, 1.807) is 12.3 Å². The van der Waals surface area contributed by atoms with E-state index in [2.05, 4.69) is 33.8 Å². The molecule has 0 radical (unpaired) electrons. The average Bonchev–Trinajstić information content (AvgIpc) is 2.83. The molecule has 1 atom stereocenters. The Balaban J connectivity index is 1.48. The fourth-order valence-corrected chi connectivity index (χ4v) is 4.39. The van der Waals surface area contributed by atoms with Crippen LogP contribution in [0.5, 0.6) is 0 Å². The molecule has 2 N–H and O–H groups in total. The molecule has 1 spiro atoms. The van der Waals surface area contributed by atoms with Crippen LogP contribution in [0.25, 0.3) is 0 Å². The molecule has 2 aliphatic heterocycles. The van der Waals surface area contributed by atoms with Gasteiger partial charge in [0.25, 0.3) is 5.91 Å². The number of hydrogen-bond acceptors (Lipinski definition) is 4. The Morgan fingerprint density at radius 2 is 1.77 bits per heavy atom. The van der Waals surface area contributed by atoms with Crippen molar-refractivity contribution in [2.45, 2.75) is 24.9 Å². The van der Waals surface area contributed by atoms with Crippen molar-refractivity contribution in [2.24, 2.45) is 4.99 Å². The van der Waals surface area contributed by atoms with E-state index in [0.717, 1.165) is 35.6 Å². The predicted octanol–water partition coefficient (Wildman–Crippen LogP) is 4.19. The maximum Gasteiger partial charge on any atom is 0.272 e. The Bertz CT molecular complexity index is 1100. The Morgan fingerprint density at radius 1 is 1.00 bits per heavy atom. The smallest absolute Gasteiger partial charge is 0.272 e. The Morgan fingerprint density at radius 3 is 2.58 bits per heavy atom. The van der Waals surface area contributed by atoms with Crippen LogP contribution in [0, 0.1) is 0 Å². The van der Waals surface area contributed by atoms with Gasteiger partial charge in [0.05, 0.1) is 24.5 Å². The second-order valence-electron chi connectivity index (χ2n) is 8.07. The number of likely N-dealkylation sites (tertiary alicyclic amines) is 1. The fourth-order valence-electron chi connectivity index (χ4n) is 4.39. The molecule has 0 bridgehead atoms. The number of anilines is 2. The standard InChI is InChI=1S/C25H25N5O/c31-23(22-13-6-7-15-26-22)30-16-8-14-25(18-30)24(27-17-19-9-2-1-3-10-19)28-20-11-4-5-12-21(20)29-25/h1-7,9-13,15,29H,8,14,16-18H2,(H,27,28). The monoisotopic (exact) mass is 411 g/mol. The minimum Gasteiger partial charge on any atom is -0.370 e. The quantitative estimate of drug-likeness (QED) is 0.678. The highest BCUT2D eigenvalue weighted by Crippen LogP contribution is 2.36. The number of carbonyl (C=O) groups is 1. The molecule has 31 heavy (non-hydrogen) atoms. The number of carbonyl (C=O) groups excluding carboxylic acids is 1. The van der Waals surface area contributed by atoms with Crippen LogP contribution in [0.2, 0.25) is 0 Å². The number of rotatable bonds is 3. The van der Waals surface area contributed by atoms with Gasteiger partial charge < -0.3 is 15.5 Å².